The maximum Gasteiger partial charge on any atom is 0.302 e. The van der Waals surface area contributed by atoms with Gasteiger partial charge in [-0.05, 0) is 31.7 Å². The number of aliphatic hydroxyl groups is 1. The Morgan fingerprint density at radius 2 is 1.95 bits per heavy atom. The molecule has 0 amide bonds. The lowest BCUT2D eigenvalue weighted by Gasteiger charge is -2.25. The van der Waals surface area contributed by atoms with Crippen molar-refractivity contribution < 1.29 is 15.0 Å². The second kappa shape index (κ2) is 5.88. The third kappa shape index (κ3) is 2.50. The van der Waals surface area contributed by atoms with E-state index in [1.54, 1.807) is 4.90 Å². The molecule has 2 atom stereocenters. The Kier molecular flexibility index (Phi) is 4.32. The van der Waals surface area contributed by atoms with Crippen molar-refractivity contribution >= 4 is 17.1 Å². The molecular formula is C14H19N3O5. The minimum Gasteiger partial charge on any atom is -0.392 e. The molecule has 22 heavy (non-hydrogen) atoms. The first-order chi connectivity index (χ1) is 10.3. The van der Waals surface area contributed by atoms with E-state index in [1.807, 2.05) is 13.8 Å². The number of nitro groups is 2. The van der Waals surface area contributed by atoms with Crippen molar-refractivity contribution in [3.05, 3.63) is 37.4 Å². The van der Waals surface area contributed by atoms with Gasteiger partial charge in [0, 0.05) is 24.2 Å². The Hall–Kier alpha value is -2.22. The van der Waals surface area contributed by atoms with Gasteiger partial charge in [-0.25, -0.2) is 0 Å². The van der Waals surface area contributed by atoms with Gasteiger partial charge < -0.3 is 10.0 Å². The molecule has 1 aliphatic heterocycles. The van der Waals surface area contributed by atoms with Gasteiger partial charge in [0.2, 0.25) is 0 Å². The van der Waals surface area contributed by atoms with Crippen molar-refractivity contribution in [2.45, 2.75) is 39.8 Å². The van der Waals surface area contributed by atoms with Gasteiger partial charge in [0.15, 0.2) is 5.69 Å². The zero-order valence-electron chi connectivity index (χ0n) is 12.8. The quantitative estimate of drug-likeness (QED) is 0.676. The topological polar surface area (TPSA) is 110 Å². The van der Waals surface area contributed by atoms with Crippen LogP contribution in [0.2, 0.25) is 0 Å². The zero-order chi connectivity index (χ0) is 16.6. The van der Waals surface area contributed by atoms with Crippen LogP contribution in [0.4, 0.5) is 17.1 Å². The van der Waals surface area contributed by atoms with Crippen molar-refractivity contribution in [1.82, 2.24) is 0 Å². The van der Waals surface area contributed by atoms with E-state index in [-0.39, 0.29) is 34.2 Å². The van der Waals surface area contributed by atoms with Gasteiger partial charge in [-0.3, -0.25) is 20.2 Å². The summed E-state index contributed by atoms with van der Waals surface area (Å²) in [5.41, 5.74) is -0.0510. The molecule has 0 bridgehead atoms. The molecule has 0 aliphatic carbocycles. The smallest absolute Gasteiger partial charge is 0.302 e. The maximum atomic E-state index is 11.5. The SMILES string of the molecule is Cc1c(CO)cc([N+](=O)[O-])c(N2CCC(C)C2C)c1[N+](=O)[O-]. The van der Waals surface area contributed by atoms with E-state index in [0.29, 0.717) is 12.5 Å². The van der Waals surface area contributed by atoms with Crippen LogP contribution in [0.3, 0.4) is 0 Å². The molecule has 2 unspecified atom stereocenters. The van der Waals surface area contributed by atoms with E-state index in [0.717, 1.165) is 6.42 Å². The van der Waals surface area contributed by atoms with Crippen molar-refractivity contribution in [3.63, 3.8) is 0 Å². The predicted octanol–water partition coefficient (Wildman–Crippen LogP) is 2.54. The highest BCUT2D eigenvalue weighted by molar-refractivity contribution is 5.79. The van der Waals surface area contributed by atoms with E-state index in [2.05, 4.69) is 0 Å². The van der Waals surface area contributed by atoms with Crippen molar-refractivity contribution in [1.29, 1.82) is 0 Å². The molecule has 1 fully saturated rings. The Morgan fingerprint density at radius 1 is 1.32 bits per heavy atom. The monoisotopic (exact) mass is 309 g/mol. The number of hydrogen-bond acceptors (Lipinski definition) is 6. The van der Waals surface area contributed by atoms with Gasteiger partial charge in [0.25, 0.3) is 5.69 Å². The summed E-state index contributed by atoms with van der Waals surface area (Å²) in [6.45, 7) is 5.53. The van der Waals surface area contributed by atoms with Gasteiger partial charge in [-0.2, -0.15) is 0 Å². The van der Waals surface area contributed by atoms with Gasteiger partial charge in [-0.15, -0.1) is 0 Å². The second-order valence-electron chi connectivity index (χ2n) is 5.75. The van der Waals surface area contributed by atoms with E-state index in [1.165, 1.54) is 13.0 Å². The molecule has 1 aromatic rings. The average molecular weight is 309 g/mol. The van der Waals surface area contributed by atoms with Crippen molar-refractivity contribution in [3.8, 4) is 0 Å². The lowest BCUT2D eigenvalue weighted by Crippen LogP contribution is -2.30. The van der Waals surface area contributed by atoms with E-state index in [4.69, 9.17) is 0 Å². The summed E-state index contributed by atoms with van der Waals surface area (Å²) in [6.07, 6.45) is 0.830. The minimum absolute atomic E-state index is 0.0169. The molecule has 1 heterocycles. The number of nitro benzene ring substituents is 2. The number of nitrogens with zero attached hydrogens (tertiary/aromatic N) is 3. The molecule has 8 nitrogen and oxygen atoms in total. The predicted molar refractivity (Wildman–Crippen MR) is 81.0 cm³/mol. The largest absolute Gasteiger partial charge is 0.392 e. The summed E-state index contributed by atoms with van der Waals surface area (Å²) in [5, 5.41) is 32.2. The van der Waals surface area contributed by atoms with Crippen LogP contribution in [0.25, 0.3) is 0 Å². The molecule has 2 rings (SSSR count). The standard InChI is InChI=1S/C14H19N3O5/c1-8-4-5-15(10(8)3)14-12(16(19)20)6-11(7-18)9(2)13(14)17(21)22/h6,8,10,18H,4-5,7H2,1-3H3. The van der Waals surface area contributed by atoms with Crippen molar-refractivity contribution in [2.24, 2.45) is 5.92 Å². The van der Waals surface area contributed by atoms with Crippen LogP contribution < -0.4 is 4.90 Å². The molecule has 0 spiro atoms. The molecule has 0 aromatic heterocycles. The first-order valence-electron chi connectivity index (χ1n) is 7.12. The first kappa shape index (κ1) is 16.2. The summed E-state index contributed by atoms with van der Waals surface area (Å²) in [7, 11) is 0. The molecule has 120 valence electrons. The zero-order valence-corrected chi connectivity index (χ0v) is 12.8. The molecule has 1 saturated heterocycles. The lowest BCUT2D eigenvalue weighted by atomic mass is 10.0. The van der Waals surface area contributed by atoms with Crippen LogP contribution in [0, 0.1) is 33.1 Å². The summed E-state index contributed by atoms with van der Waals surface area (Å²) in [6, 6.07) is 1.23. The van der Waals surface area contributed by atoms with Crippen LogP contribution >= 0.6 is 0 Å². The van der Waals surface area contributed by atoms with Crippen molar-refractivity contribution in [2.75, 3.05) is 11.4 Å². The molecule has 8 heteroatoms. The highest BCUT2D eigenvalue weighted by atomic mass is 16.6. The van der Waals surface area contributed by atoms with E-state index in [9.17, 15) is 25.3 Å². The number of aliphatic hydroxyl groups excluding tert-OH is 1. The van der Waals surface area contributed by atoms with E-state index >= 15 is 0 Å². The van der Waals surface area contributed by atoms with Crippen LogP contribution in [-0.2, 0) is 6.61 Å². The molecule has 1 aromatic carbocycles. The summed E-state index contributed by atoms with van der Waals surface area (Å²) >= 11 is 0. The number of anilines is 1. The fourth-order valence-corrected chi connectivity index (χ4v) is 3.01. The number of rotatable bonds is 4. The minimum atomic E-state index is -0.614. The number of hydrogen-bond donors (Lipinski definition) is 1. The van der Waals surface area contributed by atoms with Gasteiger partial charge >= 0.3 is 5.69 Å². The Bertz CT molecular complexity index is 631. The molecule has 1 aliphatic rings. The molecule has 0 radical (unpaired) electrons. The molecular weight excluding hydrogens is 290 g/mol. The van der Waals surface area contributed by atoms with Gasteiger partial charge in [-0.1, -0.05) is 6.92 Å². The van der Waals surface area contributed by atoms with Gasteiger partial charge in [0.05, 0.1) is 16.5 Å². The lowest BCUT2D eigenvalue weighted by molar-refractivity contribution is -0.393. The van der Waals surface area contributed by atoms with E-state index < -0.39 is 16.5 Å². The van der Waals surface area contributed by atoms with Crippen LogP contribution in [0.1, 0.15) is 31.4 Å². The normalized spacial score (nSPS) is 21.2. The molecule has 1 N–H and O–H groups in total. The second-order valence-corrected chi connectivity index (χ2v) is 5.75. The first-order valence-corrected chi connectivity index (χ1v) is 7.12. The van der Waals surface area contributed by atoms with Gasteiger partial charge in [0.1, 0.15) is 0 Å². The Balaban J connectivity index is 2.76. The number of benzene rings is 1. The molecule has 0 saturated carbocycles. The fraction of sp³-hybridized carbons (Fsp3) is 0.571. The summed E-state index contributed by atoms with van der Waals surface area (Å²) in [4.78, 5) is 23.4. The fourth-order valence-electron chi connectivity index (χ4n) is 3.01. The highest BCUT2D eigenvalue weighted by Gasteiger charge is 2.39. The van der Waals surface area contributed by atoms with Crippen LogP contribution in [-0.4, -0.2) is 27.5 Å². The third-order valence-corrected chi connectivity index (χ3v) is 4.59. The maximum absolute atomic E-state index is 11.5. The summed E-state index contributed by atoms with van der Waals surface area (Å²) in [5.74, 6) is 0.303. The Morgan fingerprint density at radius 3 is 2.36 bits per heavy atom. The summed E-state index contributed by atoms with van der Waals surface area (Å²) < 4.78 is 0. The Labute approximate surface area is 127 Å². The highest BCUT2D eigenvalue weighted by Crippen LogP contribution is 2.45. The van der Waals surface area contributed by atoms with Crippen LogP contribution in [0.5, 0.6) is 0 Å². The average Bonchev–Trinajstić information content (AvgIpc) is 2.77. The third-order valence-electron chi connectivity index (χ3n) is 4.59. The van der Waals surface area contributed by atoms with Crippen LogP contribution in [0.15, 0.2) is 6.07 Å².